The van der Waals surface area contributed by atoms with E-state index in [9.17, 15) is 4.79 Å². The Morgan fingerprint density at radius 3 is 2.71 bits per heavy atom. The van der Waals surface area contributed by atoms with Gasteiger partial charge in [0.15, 0.2) is 0 Å². The molecule has 2 aliphatic rings. The number of nitrogens with zero attached hydrogens (tertiary/aromatic N) is 7. The van der Waals surface area contributed by atoms with Crippen molar-refractivity contribution in [3.8, 4) is 0 Å². The fraction of sp³-hybridized carbons (Fsp3) is 0.593. The maximum Gasteiger partial charge on any atom is 0.224 e. The summed E-state index contributed by atoms with van der Waals surface area (Å²) in [5, 5.41) is 11.1. The number of carbonyl (C=O) groups is 1. The van der Waals surface area contributed by atoms with Crippen LogP contribution in [0.3, 0.4) is 0 Å². The summed E-state index contributed by atoms with van der Waals surface area (Å²) >= 11 is 1.66. The molecule has 1 aliphatic carbocycles. The lowest BCUT2D eigenvalue weighted by Crippen LogP contribution is -2.30. The smallest absolute Gasteiger partial charge is 0.224 e. The molecule has 0 bridgehead atoms. The highest BCUT2D eigenvalue weighted by Gasteiger charge is 2.25. The molecule has 0 aromatic carbocycles. The summed E-state index contributed by atoms with van der Waals surface area (Å²) in [6, 6.07) is 7.19. The van der Waals surface area contributed by atoms with E-state index >= 15 is 0 Å². The number of hydrogen-bond donors (Lipinski definition) is 0. The van der Waals surface area contributed by atoms with Gasteiger partial charge in [0.1, 0.15) is 17.6 Å². The van der Waals surface area contributed by atoms with Crippen molar-refractivity contribution in [1.29, 1.82) is 0 Å². The predicted octanol–water partition coefficient (Wildman–Crippen LogP) is 5.26. The highest BCUT2D eigenvalue weighted by Crippen LogP contribution is 2.38. The Labute approximate surface area is 230 Å². The first-order valence-corrected chi connectivity index (χ1v) is 18.2. The molecule has 5 rings (SSSR count). The van der Waals surface area contributed by atoms with Crippen molar-refractivity contribution in [2.45, 2.75) is 63.7 Å². The van der Waals surface area contributed by atoms with Gasteiger partial charge in [0.25, 0.3) is 0 Å². The van der Waals surface area contributed by atoms with E-state index in [0.29, 0.717) is 32.2 Å². The molecule has 204 valence electrons. The van der Waals surface area contributed by atoms with Crippen LogP contribution in [-0.2, 0) is 9.53 Å². The number of rotatable bonds is 9. The molecule has 1 saturated heterocycles. The number of hydrogen-bond acceptors (Lipinski definition) is 9. The molecule has 11 heteroatoms. The Kier molecular flexibility index (Phi) is 8.25. The van der Waals surface area contributed by atoms with Crippen LogP contribution in [0, 0.1) is 0 Å². The molecule has 1 amide bonds. The zero-order valence-corrected chi connectivity index (χ0v) is 24.8. The molecule has 3 aromatic rings. The molecule has 0 radical (unpaired) electrons. The number of pyridine rings is 2. The lowest BCUT2D eigenvalue weighted by molar-refractivity contribution is -0.129. The van der Waals surface area contributed by atoms with Crippen LogP contribution in [0.2, 0.25) is 25.7 Å². The Morgan fingerprint density at radius 1 is 1.11 bits per heavy atom. The third-order valence-corrected chi connectivity index (χ3v) is 10.3. The lowest BCUT2D eigenvalue weighted by Gasteiger charge is -2.23. The largest absolute Gasteiger partial charge is 0.368 e. The van der Waals surface area contributed by atoms with Gasteiger partial charge in [-0.3, -0.25) is 14.7 Å². The monoisotopic (exact) mass is 553 g/mol. The molecule has 0 N–H and O–H groups in total. The van der Waals surface area contributed by atoms with E-state index in [1.54, 1.807) is 16.2 Å². The minimum atomic E-state index is -1.19. The summed E-state index contributed by atoms with van der Waals surface area (Å²) in [7, 11) is 0.671. The van der Waals surface area contributed by atoms with Gasteiger partial charge in [0, 0.05) is 53.7 Å². The molecular weight excluding hydrogens is 514 g/mol. The Hall–Kier alpha value is -2.63. The Bertz CT molecular complexity index is 1260. The van der Waals surface area contributed by atoms with Crippen molar-refractivity contribution in [1.82, 2.24) is 25.1 Å². The van der Waals surface area contributed by atoms with Crippen molar-refractivity contribution in [3.05, 3.63) is 29.4 Å². The minimum Gasteiger partial charge on any atom is -0.368 e. The molecule has 3 aromatic heterocycles. The van der Waals surface area contributed by atoms with Crippen molar-refractivity contribution in [2.24, 2.45) is 0 Å². The highest BCUT2D eigenvalue weighted by molar-refractivity contribution is 7.15. The first kappa shape index (κ1) is 27.0. The highest BCUT2D eigenvalue weighted by atomic mass is 32.1. The second kappa shape index (κ2) is 11.6. The third kappa shape index (κ3) is 6.49. The Balaban J connectivity index is 1.41. The van der Waals surface area contributed by atoms with E-state index in [-0.39, 0.29) is 5.91 Å². The average Bonchev–Trinajstić information content (AvgIpc) is 3.57. The van der Waals surface area contributed by atoms with Crippen molar-refractivity contribution in [2.75, 3.05) is 49.8 Å². The van der Waals surface area contributed by atoms with Gasteiger partial charge in [-0.1, -0.05) is 43.8 Å². The number of amides is 1. The zero-order valence-electron chi connectivity index (χ0n) is 23.0. The van der Waals surface area contributed by atoms with Crippen molar-refractivity contribution >= 4 is 53.0 Å². The second-order valence-corrected chi connectivity index (χ2v) is 18.2. The van der Waals surface area contributed by atoms with Gasteiger partial charge in [-0.25, -0.2) is 4.98 Å². The fourth-order valence-electron chi connectivity index (χ4n) is 4.92. The Morgan fingerprint density at radius 2 is 1.92 bits per heavy atom. The standard InChI is InChI=1S/C27H39N7O2SSi/c1-32-13-14-33(12-11-25(32)35)21-17-23-22(28-18-21)9-10-24(29-23)34(19-36-15-16-38(2,3)4)27-31-30-26(37-27)20-7-5-6-8-20/h9-10,17-18,20H,5-8,11-16,19H2,1-4H3. The van der Waals surface area contributed by atoms with E-state index < -0.39 is 8.07 Å². The normalized spacial score (nSPS) is 17.4. The van der Waals surface area contributed by atoms with Crippen LogP contribution < -0.4 is 9.80 Å². The van der Waals surface area contributed by atoms with Crippen LogP contribution in [0.15, 0.2) is 24.4 Å². The second-order valence-electron chi connectivity index (χ2n) is 11.6. The van der Waals surface area contributed by atoms with Gasteiger partial charge in [-0.05, 0) is 37.1 Å². The van der Waals surface area contributed by atoms with Gasteiger partial charge in [0.05, 0.1) is 22.9 Å². The fourth-order valence-corrected chi connectivity index (χ4v) is 6.69. The van der Waals surface area contributed by atoms with Crippen LogP contribution >= 0.6 is 11.3 Å². The quantitative estimate of drug-likeness (QED) is 0.202. The first-order valence-electron chi connectivity index (χ1n) is 13.7. The molecule has 4 heterocycles. The van der Waals surface area contributed by atoms with E-state index in [2.05, 4.69) is 45.8 Å². The molecule has 0 unspecified atom stereocenters. The van der Waals surface area contributed by atoms with Crippen molar-refractivity contribution < 1.29 is 9.53 Å². The SMILES string of the molecule is CN1CCN(c2cnc3ccc(N(COCC[Si](C)(C)C)c4nnc(C5CCCC5)s4)nc3c2)CCC1=O. The number of carbonyl (C=O) groups excluding carboxylic acids is 1. The predicted molar refractivity (Wildman–Crippen MR) is 156 cm³/mol. The lowest BCUT2D eigenvalue weighted by atomic mass is 10.1. The summed E-state index contributed by atoms with van der Waals surface area (Å²) in [6.07, 6.45) is 7.32. The van der Waals surface area contributed by atoms with Crippen LogP contribution in [-0.4, -0.2) is 79.1 Å². The number of ether oxygens (including phenoxy) is 1. The van der Waals surface area contributed by atoms with E-state index in [0.717, 1.165) is 51.9 Å². The van der Waals surface area contributed by atoms with Gasteiger partial charge >= 0.3 is 0 Å². The molecule has 38 heavy (non-hydrogen) atoms. The molecule has 1 aliphatic heterocycles. The third-order valence-electron chi connectivity index (χ3n) is 7.46. The van der Waals surface area contributed by atoms with Crippen LogP contribution in [0.4, 0.5) is 16.6 Å². The number of anilines is 3. The van der Waals surface area contributed by atoms with E-state index in [1.807, 2.05) is 30.3 Å². The molecule has 0 spiro atoms. The number of likely N-dealkylation sites (N-methyl/N-ethyl adjacent to an activating group) is 1. The topological polar surface area (TPSA) is 87.6 Å². The molecule has 1 saturated carbocycles. The van der Waals surface area contributed by atoms with E-state index in [1.165, 1.54) is 25.7 Å². The molecule has 2 fully saturated rings. The molecule has 9 nitrogen and oxygen atoms in total. The summed E-state index contributed by atoms with van der Waals surface area (Å²) in [5.74, 6) is 1.48. The average molecular weight is 554 g/mol. The number of fused-ring (bicyclic) bond motifs is 1. The maximum absolute atomic E-state index is 12.2. The van der Waals surface area contributed by atoms with Gasteiger partial charge in [-0.15, -0.1) is 10.2 Å². The van der Waals surface area contributed by atoms with Crippen molar-refractivity contribution in [3.63, 3.8) is 0 Å². The van der Waals surface area contributed by atoms with Crippen LogP contribution in [0.5, 0.6) is 0 Å². The first-order chi connectivity index (χ1) is 18.3. The summed E-state index contributed by atoms with van der Waals surface area (Å²) in [5.41, 5.74) is 2.64. The van der Waals surface area contributed by atoms with Gasteiger partial charge in [-0.2, -0.15) is 0 Å². The zero-order chi connectivity index (χ0) is 26.7. The summed E-state index contributed by atoms with van der Waals surface area (Å²) in [4.78, 5) is 27.9. The summed E-state index contributed by atoms with van der Waals surface area (Å²) < 4.78 is 6.18. The van der Waals surface area contributed by atoms with Gasteiger partial charge in [0.2, 0.25) is 11.0 Å². The maximum atomic E-state index is 12.2. The van der Waals surface area contributed by atoms with E-state index in [4.69, 9.17) is 9.72 Å². The minimum absolute atomic E-state index is 0.181. The van der Waals surface area contributed by atoms with Crippen LogP contribution in [0.25, 0.3) is 11.0 Å². The van der Waals surface area contributed by atoms with Gasteiger partial charge < -0.3 is 14.5 Å². The molecular formula is C27H39N7O2SSi. The van der Waals surface area contributed by atoms with Crippen LogP contribution in [0.1, 0.15) is 43.0 Å². The summed E-state index contributed by atoms with van der Waals surface area (Å²) in [6.45, 7) is 10.4. The molecule has 0 atom stereocenters. The number of aromatic nitrogens is 4.